The first-order valence-electron chi connectivity index (χ1n) is 5.38. The molecule has 1 aromatic rings. The maximum atomic E-state index is 5.93. The van der Waals surface area contributed by atoms with Gasteiger partial charge in [0.25, 0.3) is 0 Å². The van der Waals surface area contributed by atoms with Crippen LogP contribution in [-0.4, -0.2) is 13.1 Å². The van der Waals surface area contributed by atoms with Crippen LogP contribution in [0.3, 0.4) is 0 Å². The first-order valence-corrected chi connectivity index (χ1v) is 5.75. The normalized spacial score (nSPS) is 16.9. The van der Waals surface area contributed by atoms with Crippen molar-refractivity contribution in [2.24, 2.45) is 11.8 Å². The average Bonchev–Trinajstić information content (AvgIpc) is 2.05. The van der Waals surface area contributed by atoms with Gasteiger partial charge in [0.2, 0.25) is 0 Å². The molecule has 0 radical (unpaired) electrons. The van der Waals surface area contributed by atoms with Gasteiger partial charge in [-0.3, -0.25) is 0 Å². The highest BCUT2D eigenvalue weighted by molar-refractivity contribution is 6.31. The molecule has 2 nitrogen and oxygen atoms in total. The molecule has 3 heteroatoms. The van der Waals surface area contributed by atoms with Crippen molar-refractivity contribution >= 4 is 23.0 Å². The molecule has 0 unspecified atom stereocenters. The number of halogens is 1. The monoisotopic (exact) mass is 224 g/mol. The van der Waals surface area contributed by atoms with Crippen LogP contribution in [0.15, 0.2) is 18.2 Å². The molecular weight excluding hydrogens is 208 g/mol. The second-order valence-electron chi connectivity index (χ2n) is 4.61. The van der Waals surface area contributed by atoms with Gasteiger partial charge >= 0.3 is 0 Å². The number of nitrogens with zero attached hydrogens (tertiary/aromatic N) is 1. The number of rotatable bonds is 2. The maximum Gasteiger partial charge on any atom is 0.0601 e. The number of nitrogen functional groups attached to an aromatic ring is 1. The molecule has 0 saturated carbocycles. The number of nitrogens with two attached hydrogens (primary N) is 1. The molecule has 0 bridgehead atoms. The van der Waals surface area contributed by atoms with Crippen molar-refractivity contribution in [2.75, 3.05) is 23.7 Å². The molecule has 82 valence electrons. The summed E-state index contributed by atoms with van der Waals surface area (Å²) in [5.74, 6) is 1.56. The summed E-state index contributed by atoms with van der Waals surface area (Å²) >= 11 is 5.86. The van der Waals surface area contributed by atoms with E-state index in [2.05, 4.69) is 18.7 Å². The number of hydrogen-bond acceptors (Lipinski definition) is 2. The SMILES string of the molecule is CC(C)C1CN(c2ccc(Cl)cc2N)C1. The molecule has 1 fully saturated rings. The Balaban J connectivity index is 2.07. The minimum absolute atomic E-state index is 0.706. The first kappa shape index (κ1) is 10.6. The van der Waals surface area contributed by atoms with E-state index < -0.39 is 0 Å². The third kappa shape index (κ3) is 2.05. The minimum atomic E-state index is 0.706. The second-order valence-corrected chi connectivity index (χ2v) is 5.05. The van der Waals surface area contributed by atoms with Crippen LogP contribution in [0.1, 0.15) is 13.8 Å². The predicted octanol–water partition coefficient (Wildman–Crippen LogP) is 3.01. The maximum absolute atomic E-state index is 5.93. The van der Waals surface area contributed by atoms with Gasteiger partial charge in [-0.15, -0.1) is 0 Å². The van der Waals surface area contributed by atoms with Crippen LogP contribution in [0.25, 0.3) is 0 Å². The lowest BCUT2D eigenvalue weighted by Crippen LogP contribution is -2.49. The summed E-state index contributed by atoms with van der Waals surface area (Å²) in [5.41, 5.74) is 7.83. The summed E-state index contributed by atoms with van der Waals surface area (Å²) in [6.07, 6.45) is 0. The third-order valence-corrected chi connectivity index (χ3v) is 3.42. The fourth-order valence-corrected chi connectivity index (χ4v) is 2.12. The number of anilines is 2. The Labute approximate surface area is 96.0 Å². The Morgan fingerprint density at radius 2 is 2.07 bits per heavy atom. The Morgan fingerprint density at radius 1 is 1.40 bits per heavy atom. The lowest BCUT2D eigenvalue weighted by molar-refractivity contribution is 0.310. The highest BCUT2D eigenvalue weighted by Gasteiger charge is 2.29. The Hall–Kier alpha value is -0.890. The van der Waals surface area contributed by atoms with Gasteiger partial charge in [0.1, 0.15) is 0 Å². The van der Waals surface area contributed by atoms with Crippen LogP contribution >= 0.6 is 11.6 Å². The molecule has 15 heavy (non-hydrogen) atoms. The van der Waals surface area contributed by atoms with Crippen LogP contribution in [0.4, 0.5) is 11.4 Å². The van der Waals surface area contributed by atoms with E-state index in [1.165, 1.54) is 0 Å². The van der Waals surface area contributed by atoms with Crippen LogP contribution in [0.2, 0.25) is 5.02 Å². The molecular formula is C12H17ClN2. The van der Waals surface area contributed by atoms with E-state index in [0.717, 1.165) is 36.3 Å². The summed E-state index contributed by atoms with van der Waals surface area (Å²) in [4.78, 5) is 2.32. The van der Waals surface area contributed by atoms with Crippen LogP contribution in [0.5, 0.6) is 0 Å². The third-order valence-electron chi connectivity index (χ3n) is 3.18. The highest BCUT2D eigenvalue weighted by Crippen LogP contribution is 2.33. The average molecular weight is 225 g/mol. The summed E-state index contributed by atoms with van der Waals surface area (Å²) in [7, 11) is 0. The zero-order valence-electron chi connectivity index (χ0n) is 9.20. The van der Waals surface area contributed by atoms with Gasteiger partial charge in [-0.1, -0.05) is 25.4 Å². The van der Waals surface area contributed by atoms with E-state index >= 15 is 0 Å². The summed E-state index contributed by atoms with van der Waals surface area (Å²) < 4.78 is 0. The van der Waals surface area contributed by atoms with E-state index in [1.54, 1.807) is 0 Å². The van der Waals surface area contributed by atoms with Gasteiger partial charge in [0, 0.05) is 18.1 Å². The van der Waals surface area contributed by atoms with Crippen molar-refractivity contribution in [2.45, 2.75) is 13.8 Å². The van der Waals surface area contributed by atoms with Crippen molar-refractivity contribution in [1.29, 1.82) is 0 Å². The summed E-state index contributed by atoms with van der Waals surface area (Å²) in [6.45, 7) is 6.77. The van der Waals surface area contributed by atoms with E-state index in [1.807, 2.05) is 18.2 Å². The fourth-order valence-electron chi connectivity index (χ4n) is 1.94. The minimum Gasteiger partial charge on any atom is -0.397 e. The molecule has 0 spiro atoms. The quantitative estimate of drug-likeness (QED) is 0.783. The van der Waals surface area contributed by atoms with Gasteiger partial charge in [0.15, 0.2) is 0 Å². The molecule has 1 aliphatic rings. The van der Waals surface area contributed by atoms with Crippen LogP contribution < -0.4 is 10.6 Å². The molecule has 2 N–H and O–H groups in total. The van der Waals surface area contributed by atoms with Crippen molar-refractivity contribution in [3.05, 3.63) is 23.2 Å². The topological polar surface area (TPSA) is 29.3 Å². The summed E-state index contributed by atoms with van der Waals surface area (Å²) in [5, 5.41) is 0.706. The van der Waals surface area contributed by atoms with E-state index in [0.29, 0.717) is 5.02 Å². The Morgan fingerprint density at radius 3 is 2.60 bits per heavy atom. The zero-order valence-corrected chi connectivity index (χ0v) is 9.96. The molecule has 1 aromatic carbocycles. The van der Waals surface area contributed by atoms with E-state index in [9.17, 15) is 0 Å². The lowest BCUT2D eigenvalue weighted by Gasteiger charge is -2.43. The van der Waals surface area contributed by atoms with Crippen molar-refractivity contribution in [3.63, 3.8) is 0 Å². The molecule has 1 heterocycles. The predicted molar refractivity (Wildman–Crippen MR) is 66.4 cm³/mol. The van der Waals surface area contributed by atoms with Gasteiger partial charge in [-0.25, -0.2) is 0 Å². The fraction of sp³-hybridized carbons (Fsp3) is 0.500. The molecule has 0 amide bonds. The van der Waals surface area contributed by atoms with Crippen molar-refractivity contribution < 1.29 is 0 Å². The Bertz CT molecular complexity index is 357. The van der Waals surface area contributed by atoms with E-state index in [4.69, 9.17) is 17.3 Å². The molecule has 1 saturated heterocycles. The zero-order chi connectivity index (χ0) is 11.0. The number of hydrogen-bond donors (Lipinski definition) is 1. The van der Waals surface area contributed by atoms with Crippen molar-refractivity contribution in [3.8, 4) is 0 Å². The van der Waals surface area contributed by atoms with Crippen LogP contribution in [0, 0.1) is 11.8 Å². The second kappa shape index (κ2) is 3.93. The van der Waals surface area contributed by atoms with Gasteiger partial charge < -0.3 is 10.6 Å². The molecule has 0 aliphatic carbocycles. The van der Waals surface area contributed by atoms with E-state index in [-0.39, 0.29) is 0 Å². The molecule has 0 atom stereocenters. The molecule has 2 rings (SSSR count). The Kier molecular flexibility index (Phi) is 2.79. The highest BCUT2D eigenvalue weighted by atomic mass is 35.5. The van der Waals surface area contributed by atoms with Crippen LogP contribution in [-0.2, 0) is 0 Å². The summed E-state index contributed by atoms with van der Waals surface area (Å²) in [6, 6.07) is 5.73. The van der Waals surface area contributed by atoms with Gasteiger partial charge in [-0.05, 0) is 30.0 Å². The lowest BCUT2D eigenvalue weighted by atomic mass is 9.88. The van der Waals surface area contributed by atoms with Crippen molar-refractivity contribution in [1.82, 2.24) is 0 Å². The smallest absolute Gasteiger partial charge is 0.0601 e. The first-order chi connectivity index (χ1) is 7.08. The van der Waals surface area contributed by atoms with Gasteiger partial charge in [-0.2, -0.15) is 0 Å². The number of benzene rings is 1. The largest absolute Gasteiger partial charge is 0.397 e. The standard InChI is InChI=1S/C12H17ClN2/c1-8(2)9-6-15(7-9)12-4-3-10(13)5-11(12)14/h3-5,8-9H,6-7,14H2,1-2H3. The van der Waals surface area contributed by atoms with Gasteiger partial charge in [0.05, 0.1) is 11.4 Å². The molecule has 1 aliphatic heterocycles. The molecule has 0 aromatic heterocycles.